The molecule has 0 saturated carbocycles. The van der Waals surface area contributed by atoms with Crippen molar-refractivity contribution in [3.63, 3.8) is 0 Å². The predicted octanol–water partition coefficient (Wildman–Crippen LogP) is 4.01. The Morgan fingerprint density at radius 1 is 1.03 bits per heavy atom. The van der Waals surface area contributed by atoms with Crippen LogP contribution >= 0.6 is 23.1 Å². The van der Waals surface area contributed by atoms with Crippen LogP contribution in [0.5, 0.6) is 0 Å². The summed E-state index contributed by atoms with van der Waals surface area (Å²) in [6.07, 6.45) is 0. The average molecular weight is 444 g/mol. The molecule has 0 spiro atoms. The van der Waals surface area contributed by atoms with Crippen molar-refractivity contribution < 1.29 is 13.6 Å². The number of aromatic nitrogens is 5. The van der Waals surface area contributed by atoms with Gasteiger partial charge in [0.05, 0.1) is 5.75 Å². The first-order valence-corrected chi connectivity index (χ1v) is 10.5. The molecule has 1 amide bonds. The van der Waals surface area contributed by atoms with Gasteiger partial charge in [0.15, 0.2) is 11.0 Å². The lowest BCUT2D eigenvalue weighted by atomic mass is 10.2. The van der Waals surface area contributed by atoms with E-state index in [0.717, 1.165) is 16.9 Å². The van der Waals surface area contributed by atoms with Crippen molar-refractivity contribution in [2.75, 3.05) is 11.1 Å². The van der Waals surface area contributed by atoms with Gasteiger partial charge in [0.25, 0.3) is 0 Å². The van der Waals surface area contributed by atoms with E-state index in [0.29, 0.717) is 26.7 Å². The molecule has 0 aliphatic heterocycles. The van der Waals surface area contributed by atoms with Gasteiger partial charge in [-0.2, -0.15) is 0 Å². The summed E-state index contributed by atoms with van der Waals surface area (Å²) in [4.78, 5) is 12.3. The lowest BCUT2D eigenvalue weighted by molar-refractivity contribution is -0.113. The molecule has 7 nitrogen and oxygen atoms in total. The fourth-order valence-electron chi connectivity index (χ4n) is 2.59. The predicted molar refractivity (Wildman–Crippen MR) is 111 cm³/mol. The van der Waals surface area contributed by atoms with E-state index < -0.39 is 0 Å². The van der Waals surface area contributed by atoms with Crippen molar-refractivity contribution >= 4 is 34.1 Å². The number of anilines is 1. The number of nitrogens with one attached hydrogen (secondary N) is 1. The zero-order chi connectivity index (χ0) is 21.1. The molecule has 0 aliphatic carbocycles. The highest BCUT2D eigenvalue weighted by Crippen LogP contribution is 2.27. The van der Waals surface area contributed by atoms with Gasteiger partial charge in [0.1, 0.15) is 16.6 Å². The Morgan fingerprint density at radius 2 is 1.83 bits per heavy atom. The molecule has 0 atom stereocenters. The number of halogens is 2. The lowest BCUT2D eigenvalue weighted by Crippen LogP contribution is -2.14. The van der Waals surface area contributed by atoms with E-state index in [4.69, 9.17) is 0 Å². The van der Waals surface area contributed by atoms with Gasteiger partial charge in [-0.1, -0.05) is 35.2 Å². The summed E-state index contributed by atoms with van der Waals surface area (Å²) in [6, 6.07) is 11.9. The molecule has 4 aromatic rings. The molecule has 0 radical (unpaired) electrons. The minimum absolute atomic E-state index is 0.0876. The normalized spacial score (nSPS) is 10.9. The van der Waals surface area contributed by atoms with Crippen LogP contribution in [0.25, 0.3) is 22.0 Å². The minimum atomic E-state index is -0.367. The first kappa shape index (κ1) is 20.1. The SMILES string of the molecule is Cn1c(SCC(=O)Nc2nnc(-c3cccc(F)c3)s2)nnc1-c1ccc(F)cc1. The van der Waals surface area contributed by atoms with E-state index in [9.17, 15) is 13.6 Å². The molecule has 30 heavy (non-hydrogen) atoms. The van der Waals surface area contributed by atoms with Crippen molar-refractivity contribution in [1.29, 1.82) is 0 Å². The van der Waals surface area contributed by atoms with Gasteiger partial charge >= 0.3 is 0 Å². The maximum absolute atomic E-state index is 13.3. The first-order valence-electron chi connectivity index (χ1n) is 8.67. The van der Waals surface area contributed by atoms with E-state index in [1.807, 2.05) is 0 Å². The second-order valence-electron chi connectivity index (χ2n) is 6.13. The van der Waals surface area contributed by atoms with Crippen molar-refractivity contribution in [2.45, 2.75) is 5.16 Å². The molecule has 152 valence electrons. The largest absolute Gasteiger partial charge is 0.305 e. The molecule has 0 aliphatic rings. The minimum Gasteiger partial charge on any atom is -0.305 e. The Kier molecular flexibility index (Phi) is 5.81. The van der Waals surface area contributed by atoms with Gasteiger partial charge in [0.2, 0.25) is 11.0 Å². The van der Waals surface area contributed by atoms with Crippen molar-refractivity contribution in [1.82, 2.24) is 25.0 Å². The van der Waals surface area contributed by atoms with Crippen LogP contribution in [-0.2, 0) is 11.8 Å². The van der Waals surface area contributed by atoms with Gasteiger partial charge in [-0.05, 0) is 36.4 Å². The molecule has 0 fully saturated rings. The standard InChI is InChI=1S/C19H14F2N6OS2/c1-27-16(11-5-7-13(20)8-6-11)23-26-19(27)29-10-15(28)22-18-25-24-17(30-18)12-3-2-4-14(21)9-12/h2-9H,10H2,1H3,(H,22,25,28). The summed E-state index contributed by atoms with van der Waals surface area (Å²) in [5, 5.41) is 20.2. The second kappa shape index (κ2) is 8.67. The van der Waals surface area contributed by atoms with Crippen LogP contribution in [-0.4, -0.2) is 36.6 Å². The summed E-state index contributed by atoms with van der Waals surface area (Å²) in [5.74, 6) is -0.322. The number of hydrogen-bond acceptors (Lipinski definition) is 7. The van der Waals surface area contributed by atoms with Gasteiger partial charge in [-0.25, -0.2) is 8.78 Å². The quantitative estimate of drug-likeness (QED) is 0.453. The van der Waals surface area contributed by atoms with Crippen LogP contribution in [0, 0.1) is 11.6 Å². The highest BCUT2D eigenvalue weighted by molar-refractivity contribution is 7.99. The summed E-state index contributed by atoms with van der Waals surface area (Å²) in [6.45, 7) is 0. The Balaban J connectivity index is 1.37. The number of rotatable bonds is 6. The topological polar surface area (TPSA) is 85.6 Å². The Hall–Kier alpha value is -3.18. The van der Waals surface area contributed by atoms with Gasteiger partial charge < -0.3 is 4.57 Å². The van der Waals surface area contributed by atoms with E-state index in [2.05, 4.69) is 25.7 Å². The molecule has 0 saturated heterocycles. The summed E-state index contributed by atoms with van der Waals surface area (Å²) in [5.41, 5.74) is 1.32. The van der Waals surface area contributed by atoms with Gasteiger partial charge in [-0.3, -0.25) is 10.1 Å². The van der Waals surface area contributed by atoms with Crippen LogP contribution in [0.4, 0.5) is 13.9 Å². The third-order valence-electron chi connectivity index (χ3n) is 4.01. The number of thioether (sulfide) groups is 1. The lowest BCUT2D eigenvalue weighted by Gasteiger charge is -2.04. The molecule has 2 heterocycles. The molecule has 2 aromatic heterocycles. The summed E-state index contributed by atoms with van der Waals surface area (Å²) in [7, 11) is 1.77. The van der Waals surface area contributed by atoms with E-state index >= 15 is 0 Å². The van der Waals surface area contributed by atoms with E-state index in [-0.39, 0.29) is 23.3 Å². The number of carbonyl (C=O) groups excluding carboxylic acids is 1. The van der Waals surface area contributed by atoms with Crippen LogP contribution in [0.15, 0.2) is 53.7 Å². The first-order chi connectivity index (χ1) is 14.5. The Labute approximate surface area is 178 Å². The molecular formula is C19H14F2N6OS2. The molecule has 1 N–H and O–H groups in total. The monoisotopic (exact) mass is 444 g/mol. The van der Waals surface area contributed by atoms with Gasteiger partial charge in [-0.15, -0.1) is 20.4 Å². The molecule has 0 bridgehead atoms. The summed E-state index contributed by atoms with van der Waals surface area (Å²) < 4.78 is 28.2. The highest BCUT2D eigenvalue weighted by atomic mass is 32.2. The fourth-order valence-corrected chi connectivity index (χ4v) is 4.06. The zero-order valence-corrected chi connectivity index (χ0v) is 17.2. The Morgan fingerprint density at radius 3 is 2.60 bits per heavy atom. The molecular weight excluding hydrogens is 430 g/mol. The smallest absolute Gasteiger partial charge is 0.236 e. The van der Waals surface area contributed by atoms with Crippen LogP contribution < -0.4 is 5.32 Å². The number of hydrogen-bond donors (Lipinski definition) is 1. The van der Waals surface area contributed by atoms with Crippen LogP contribution in [0.3, 0.4) is 0 Å². The zero-order valence-electron chi connectivity index (χ0n) is 15.5. The number of benzene rings is 2. The third kappa shape index (κ3) is 4.52. The number of carbonyl (C=O) groups is 1. The highest BCUT2D eigenvalue weighted by Gasteiger charge is 2.15. The molecule has 2 aromatic carbocycles. The maximum atomic E-state index is 13.3. The van der Waals surface area contributed by atoms with Crippen molar-refractivity contribution in [2.24, 2.45) is 7.05 Å². The Bertz CT molecular complexity index is 1190. The van der Waals surface area contributed by atoms with Gasteiger partial charge in [0, 0.05) is 18.2 Å². The van der Waals surface area contributed by atoms with Crippen molar-refractivity contribution in [3.05, 3.63) is 60.2 Å². The van der Waals surface area contributed by atoms with Crippen LogP contribution in [0.2, 0.25) is 0 Å². The molecule has 11 heteroatoms. The van der Waals surface area contributed by atoms with Crippen molar-refractivity contribution in [3.8, 4) is 22.0 Å². The van der Waals surface area contributed by atoms with E-state index in [1.54, 1.807) is 35.9 Å². The number of amides is 1. The second-order valence-corrected chi connectivity index (χ2v) is 8.05. The number of nitrogens with zero attached hydrogens (tertiary/aromatic N) is 5. The fraction of sp³-hybridized carbons (Fsp3) is 0.105. The molecule has 4 rings (SSSR count). The third-order valence-corrected chi connectivity index (χ3v) is 5.92. The average Bonchev–Trinajstić information content (AvgIpc) is 3.34. The maximum Gasteiger partial charge on any atom is 0.236 e. The summed E-state index contributed by atoms with van der Waals surface area (Å²) >= 11 is 2.36. The molecule has 0 unspecified atom stereocenters. The van der Waals surface area contributed by atoms with E-state index in [1.165, 1.54) is 36.0 Å². The van der Waals surface area contributed by atoms with Crippen LogP contribution in [0.1, 0.15) is 0 Å².